The van der Waals surface area contributed by atoms with E-state index in [-0.39, 0.29) is 18.8 Å². The van der Waals surface area contributed by atoms with Gasteiger partial charge < -0.3 is 9.84 Å². The second kappa shape index (κ2) is 5.61. The van der Waals surface area contributed by atoms with Crippen LogP contribution < -0.4 is 0 Å². The van der Waals surface area contributed by atoms with Crippen molar-refractivity contribution in [3.05, 3.63) is 35.1 Å². The molecule has 0 saturated carbocycles. The third-order valence-corrected chi connectivity index (χ3v) is 2.25. The Morgan fingerprint density at radius 3 is 2.81 bits per heavy atom. The topological polar surface area (TPSA) is 46.5 Å². The van der Waals surface area contributed by atoms with Gasteiger partial charge in [0, 0.05) is 0 Å². The van der Waals surface area contributed by atoms with Crippen molar-refractivity contribution in [2.45, 2.75) is 26.4 Å². The van der Waals surface area contributed by atoms with E-state index in [1.165, 1.54) is 6.07 Å². The van der Waals surface area contributed by atoms with Crippen LogP contribution in [0, 0.1) is 12.7 Å². The van der Waals surface area contributed by atoms with Crippen LogP contribution in [0.3, 0.4) is 0 Å². The molecule has 1 aromatic carbocycles. The van der Waals surface area contributed by atoms with Crippen LogP contribution in [0.25, 0.3) is 0 Å². The van der Waals surface area contributed by atoms with Gasteiger partial charge in [-0.25, -0.2) is 4.39 Å². The van der Waals surface area contributed by atoms with Crippen molar-refractivity contribution < 1.29 is 19.0 Å². The second-order valence-corrected chi connectivity index (χ2v) is 3.53. The Balaban J connectivity index is 2.69. The molecule has 1 N–H and O–H groups in total. The van der Waals surface area contributed by atoms with Gasteiger partial charge in [0.05, 0.1) is 19.1 Å². The van der Waals surface area contributed by atoms with Gasteiger partial charge in [0.15, 0.2) is 0 Å². The molecule has 0 aromatic heterocycles. The summed E-state index contributed by atoms with van der Waals surface area (Å²) in [5.74, 6) is -0.878. The fraction of sp³-hybridized carbons (Fsp3) is 0.417. The molecule has 1 aromatic rings. The summed E-state index contributed by atoms with van der Waals surface area (Å²) in [4.78, 5) is 11.1. The van der Waals surface area contributed by atoms with Crippen LogP contribution in [0.15, 0.2) is 18.2 Å². The van der Waals surface area contributed by atoms with Gasteiger partial charge in [-0.3, -0.25) is 4.79 Å². The molecule has 16 heavy (non-hydrogen) atoms. The molecular formula is C12H15FO3. The molecule has 0 heterocycles. The quantitative estimate of drug-likeness (QED) is 0.800. The normalized spacial score (nSPS) is 12.2. The number of rotatable bonds is 4. The maximum Gasteiger partial charge on any atom is 0.308 e. The van der Waals surface area contributed by atoms with Gasteiger partial charge in [0.1, 0.15) is 5.82 Å². The van der Waals surface area contributed by atoms with Crippen molar-refractivity contribution in [2.75, 3.05) is 6.61 Å². The first-order chi connectivity index (χ1) is 7.54. The summed E-state index contributed by atoms with van der Waals surface area (Å²) in [5, 5.41) is 9.67. The minimum atomic E-state index is -1.02. The van der Waals surface area contributed by atoms with Crippen LogP contribution in [0.2, 0.25) is 0 Å². The average Bonchev–Trinajstić information content (AvgIpc) is 2.22. The van der Waals surface area contributed by atoms with Gasteiger partial charge in [-0.05, 0) is 31.0 Å². The van der Waals surface area contributed by atoms with Crippen LogP contribution in [0.5, 0.6) is 0 Å². The molecule has 0 spiro atoms. The molecule has 3 nitrogen and oxygen atoms in total. The molecule has 0 aliphatic rings. The zero-order chi connectivity index (χ0) is 12.1. The molecule has 4 heteroatoms. The number of aryl methyl sites for hydroxylation is 1. The Labute approximate surface area is 93.9 Å². The number of carbonyl (C=O) groups is 1. The molecule has 1 rings (SSSR count). The molecule has 0 fully saturated rings. The predicted molar refractivity (Wildman–Crippen MR) is 57.3 cm³/mol. The number of ether oxygens (including phenoxy) is 1. The highest BCUT2D eigenvalue weighted by Crippen LogP contribution is 2.19. The molecular weight excluding hydrogens is 211 g/mol. The lowest BCUT2D eigenvalue weighted by molar-refractivity contribution is -0.145. The second-order valence-electron chi connectivity index (χ2n) is 3.53. The first-order valence-corrected chi connectivity index (χ1v) is 5.14. The van der Waals surface area contributed by atoms with E-state index in [4.69, 9.17) is 4.74 Å². The predicted octanol–water partition coefficient (Wildman–Crippen LogP) is 2.12. The Morgan fingerprint density at radius 1 is 1.56 bits per heavy atom. The maximum absolute atomic E-state index is 13.2. The maximum atomic E-state index is 13.2. The first kappa shape index (κ1) is 12.6. The van der Waals surface area contributed by atoms with E-state index in [2.05, 4.69) is 0 Å². The van der Waals surface area contributed by atoms with Crippen LogP contribution in [-0.4, -0.2) is 17.7 Å². The Kier molecular flexibility index (Phi) is 4.43. The molecule has 1 unspecified atom stereocenters. The first-order valence-electron chi connectivity index (χ1n) is 5.14. The van der Waals surface area contributed by atoms with Gasteiger partial charge in [0.25, 0.3) is 0 Å². The van der Waals surface area contributed by atoms with E-state index in [9.17, 15) is 14.3 Å². The van der Waals surface area contributed by atoms with E-state index >= 15 is 0 Å². The molecule has 0 aliphatic heterocycles. The van der Waals surface area contributed by atoms with E-state index < -0.39 is 12.1 Å². The van der Waals surface area contributed by atoms with Crippen LogP contribution in [0.1, 0.15) is 30.6 Å². The summed E-state index contributed by atoms with van der Waals surface area (Å²) in [6.45, 7) is 3.60. The van der Waals surface area contributed by atoms with Gasteiger partial charge in [-0.15, -0.1) is 0 Å². The highest BCUT2D eigenvalue weighted by molar-refractivity contribution is 5.70. The summed E-state index contributed by atoms with van der Waals surface area (Å²) in [6.07, 6.45) is -1.18. The number of aliphatic hydroxyl groups is 1. The van der Waals surface area contributed by atoms with E-state index in [1.54, 1.807) is 26.0 Å². The summed E-state index contributed by atoms with van der Waals surface area (Å²) in [5.41, 5.74) is 0.892. The van der Waals surface area contributed by atoms with Gasteiger partial charge in [-0.1, -0.05) is 12.1 Å². The SMILES string of the molecule is CCOC(=O)CC(O)c1ccc(C)c(F)c1. The smallest absolute Gasteiger partial charge is 0.308 e. The van der Waals surface area contributed by atoms with Crippen molar-refractivity contribution >= 4 is 5.97 Å². The number of benzene rings is 1. The number of esters is 1. The van der Waals surface area contributed by atoms with Crippen molar-refractivity contribution in [1.29, 1.82) is 0 Å². The lowest BCUT2D eigenvalue weighted by atomic mass is 10.0. The fourth-order valence-corrected chi connectivity index (χ4v) is 1.31. The highest BCUT2D eigenvalue weighted by atomic mass is 19.1. The lowest BCUT2D eigenvalue weighted by Gasteiger charge is -2.10. The van der Waals surface area contributed by atoms with Crippen LogP contribution in [-0.2, 0) is 9.53 Å². The van der Waals surface area contributed by atoms with E-state index in [0.29, 0.717) is 11.1 Å². The third-order valence-electron chi connectivity index (χ3n) is 2.25. The average molecular weight is 226 g/mol. The molecule has 0 saturated heterocycles. The monoisotopic (exact) mass is 226 g/mol. The lowest BCUT2D eigenvalue weighted by Crippen LogP contribution is -2.10. The third kappa shape index (κ3) is 3.31. The molecule has 88 valence electrons. The van der Waals surface area contributed by atoms with Crippen molar-refractivity contribution in [1.82, 2.24) is 0 Å². The van der Waals surface area contributed by atoms with E-state index in [0.717, 1.165) is 0 Å². The Hall–Kier alpha value is -1.42. The number of hydrogen-bond donors (Lipinski definition) is 1. The van der Waals surface area contributed by atoms with Crippen LogP contribution in [0.4, 0.5) is 4.39 Å². The minimum absolute atomic E-state index is 0.156. The molecule has 0 aliphatic carbocycles. The van der Waals surface area contributed by atoms with Crippen molar-refractivity contribution in [3.63, 3.8) is 0 Å². The number of aliphatic hydroxyl groups excluding tert-OH is 1. The van der Waals surface area contributed by atoms with Crippen molar-refractivity contribution in [3.8, 4) is 0 Å². The Bertz CT molecular complexity index is 377. The molecule has 0 radical (unpaired) electrons. The van der Waals surface area contributed by atoms with Gasteiger partial charge in [0.2, 0.25) is 0 Å². The van der Waals surface area contributed by atoms with Gasteiger partial charge in [-0.2, -0.15) is 0 Å². The van der Waals surface area contributed by atoms with E-state index in [1.807, 2.05) is 0 Å². The number of halogens is 1. The zero-order valence-electron chi connectivity index (χ0n) is 9.37. The summed E-state index contributed by atoms with van der Waals surface area (Å²) in [6, 6.07) is 4.40. The minimum Gasteiger partial charge on any atom is -0.466 e. The summed E-state index contributed by atoms with van der Waals surface area (Å²) < 4.78 is 17.9. The molecule has 1 atom stereocenters. The zero-order valence-corrected chi connectivity index (χ0v) is 9.37. The standard InChI is InChI=1S/C12H15FO3/c1-3-16-12(15)7-11(14)9-5-4-8(2)10(13)6-9/h4-6,11,14H,3,7H2,1-2H3. The number of hydrogen-bond acceptors (Lipinski definition) is 3. The van der Waals surface area contributed by atoms with Crippen LogP contribution >= 0.6 is 0 Å². The number of carbonyl (C=O) groups excluding carboxylic acids is 1. The summed E-state index contributed by atoms with van der Waals surface area (Å²) in [7, 11) is 0. The fourth-order valence-electron chi connectivity index (χ4n) is 1.31. The largest absolute Gasteiger partial charge is 0.466 e. The Morgan fingerprint density at radius 2 is 2.25 bits per heavy atom. The summed E-state index contributed by atoms with van der Waals surface area (Å²) >= 11 is 0. The van der Waals surface area contributed by atoms with Gasteiger partial charge >= 0.3 is 5.97 Å². The van der Waals surface area contributed by atoms with Crippen molar-refractivity contribution in [2.24, 2.45) is 0 Å². The highest BCUT2D eigenvalue weighted by Gasteiger charge is 2.14. The molecule has 0 bridgehead atoms. The molecule has 0 amide bonds.